The Morgan fingerprint density at radius 2 is 1.59 bits per heavy atom. The lowest BCUT2D eigenvalue weighted by Gasteiger charge is -2.37. The zero-order valence-electron chi connectivity index (χ0n) is 15.9. The van der Waals surface area contributed by atoms with Gasteiger partial charge >= 0.3 is 5.97 Å². The number of esters is 1. The van der Waals surface area contributed by atoms with Crippen molar-refractivity contribution in [3.8, 4) is 28.7 Å². The Hall–Kier alpha value is -3.13. The molecule has 2 aliphatic heterocycles. The van der Waals surface area contributed by atoms with Gasteiger partial charge in [-0.05, 0) is 41.0 Å². The molecular weight excluding hydrogens is 380 g/mol. The Labute approximate surface area is 166 Å². The minimum absolute atomic E-state index is 0.106. The first-order valence-electron chi connectivity index (χ1n) is 9.26. The van der Waals surface area contributed by atoms with E-state index in [4.69, 9.17) is 23.7 Å². The van der Waals surface area contributed by atoms with Crippen molar-refractivity contribution in [3.63, 3.8) is 0 Å². The van der Waals surface area contributed by atoms with Gasteiger partial charge in [-0.15, -0.1) is 0 Å². The van der Waals surface area contributed by atoms with Crippen molar-refractivity contribution in [1.29, 1.82) is 0 Å². The Morgan fingerprint density at radius 3 is 2.21 bits per heavy atom. The molecule has 1 aliphatic carbocycles. The topological polar surface area (TPSA) is 104 Å². The van der Waals surface area contributed by atoms with Crippen LogP contribution in [0.4, 0.5) is 0 Å². The van der Waals surface area contributed by atoms with Gasteiger partial charge in [0.2, 0.25) is 12.5 Å². The molecule has 5 rings (SSSR count). The second-order valence-electron chi connectivity index (χ2n) is 7.35. The minimum atomic E-state index is -0.867. The number of hydrogen-bond acceptors (Lipinski definition) is 8. The molecule has 3 aliphatic rings. The molecule has 0 radical (unpaired) electrons. The number of phenolic OH excluding ortho intramolecular Hbond substituents is 1. The molecule has 152 valence electrons. The van der Waals surface area contributed by atoms with Crippen LogP contribution in [0.25, 0.3) is 0 Å². The van der Waals surface area contributed by atoms with Crippen molar-refractivity contribution in [2.45, 2.75) is 12.0 Å². The fourth-order valence-electron chi connectivity index (χ4n) is 4.63. The second kappa shape index (κ2) is 6.45. The summed E-state index contributed by atoms with van der Waals surface area (Å²) in [6.45, 7) is 0.246. The predicted octanol–water partition coefficient (Wildman–Crippen LogP) is 2.11. The average Bonchev–Trinajstić information content (AvgIpc) is 3.34. The van der Waals surface area contributed by atoms with Crippen LogP contribution < -0.4 is 18.9 Å². The number of carbonyl (C=O) groups excluding carboxylic acids is 1. The molecule has 0 aromatic heterocycles. The molecule has 29 heavy (non-hydrogen) atoms. The third-order valence-corrected chi connectivity index (χ3v) is 6.01. The summed E-state index contributed by atoms with van der Waals surface area (Å²) in [6, 6.07) is 6.93. The lowest BCUT2D eigenvalue weighted by molar-refractivity contribution is -0.141. The fourth-order valence-corrected chi connectivity index (χ4v) is 4.63. The Balaban J connectivity index is 1.75. The van der Waals surface area contributed by atoms with Crippen LogP contribution in [0.2, 0.25) is 0 Å². The van der Waals surface area contributed by atoms with Crippen LogP contribution >= 0.6 is 0 Å². The molecule has 1 unspecified atom stereocenters. The van der Waals surface area contributed by atoms with E-state index < -0.39 is 23.9 Å². The smallest absolute Gasteiger partial charge is 0.310 e. The number of rotatable bonds is 3. The van der Waals surface area contributed by atoms with Gasteiger partial charge in [0.25, 0.3) is 0 Å². The van der Waals surface area contributed by atoms with Gasteiger partial charge in [0, 0.05) is 11.8 Å². The van der Waals surface area contributed by atoms with Gasteiger partial charge in [-0.25, -0.2) is 0 Å². The van der Waals surface area contributed by atoms with E-state index in [-0.39, 0.29) is 36.6 Å². The summed E-state index contributed by atoms with van der Waals surface area (Å²) >= 11 is 0. The second-order valence-corrected chi connectivity index (χ2v) is 7.35. The number of cyclic esters (lactones) is 1. The summed E-state index contributed by atoms with van der Waals surface area (Å²) in [5.74, 6) is -0.324. The van der Waals surface area contributed by atoms with Crippen molar-refractivity contribution in [3.05, 3.63) is 41.0 Å². The van der Waals surface area contributed by atoms with Crippen LogP contribution in [0, 0.1) is 11.8 Å². The molecule has 4 atom stereocenters. The number of phenols is 1. The average molecular weight is 400 g/mol. The minimum Gasteiger partial charge on any atom is -0.502 e. The monoisotopic (exact) mass is 400 g/mol. The van der Waals surface area contributed by atoms with E-state index in [1.54, 1.807) is 24.3 Å². The maximum absolute atomic E-state index is 12.7. The predicted molar refractivity (Wildman–Crippen MR) is 98.5 cm³/mol. The highest BCUT2D eigenvalue weighted by molar-refractivity contribution is 5.79. The summed E-state index contributed by atoms with van der Waals surface area (Å²) in [6.07, 6.45) is -0.867. The molecule has 1 saturated heterocycles. The van der Waals surface area contributed by atoms with Gasteiger partial charge in [0.1, 0.15) is 0 Å². The Bertz CT molecular complexity index is 975. The van der Waals surface area contributed by atoms with Crippen LogP contribution in [0.5, 0.6) is 28.7 Å². The van der Waals surface area contributed by atoms with Gasteiger partial charge < -0.3 is 33.9 Å². The lowest BCUT2D eigenvalue weighted by atomic mass is 9.66. The highest BCUT2D eigenvalue weighted by Gasteiger charge is 2.52. The summed E-state index contributed by atoms with van der Waals surface area (Å²) in [5.41, 5.74) is 2.12. The van der Waals surface area contributed by atoms with E-state index in [1.165, 1.54) is 14.2 Å². The van der Waals surface area contributed by atoms with Crippen molar-refractivity contribution >= 4 is 5.97 Å². The van der Waals surface area contributed by atoms with Crippen LogP contribution in [0.1, 0.15) is 28.7 Å². The highest BCUT2D eigenvalue weighted by Crippen LogP contribution is 2.55. The molecule has 0 spiro atoms. The summed E-state index contributed by atoms with van der Waals surface area (Å²) in [4.78, 5) is 12.7. The molecule has 0 saturated carbocycles. The van der Waals surface area contributed by atoms with Crippen LogP contribution in [-0.4, -0.2) is 43.8 Å². The number of aliphatic hydroxyl groups is 1. The quantitative estimate of drug-likeness (QED) is 0.755. The summed E-state index contributed by atoms with van der Waals surface area (Å²) < 4.78 is 26.9. The molecule has 0 amide bonds. The number of aromatic hydroxyl groups is 1. The molecule has 1 fully saturated rings. The molecule has 2 heterocycles. The maximum Gasteiger partial charge on any atom is 0.310 e. The number of carbonyl (C=O) groups is 1. The maximum atomic E-state index is 12.7. The standard InChI is InChI=1S/C21H20O8/c1-25-15-3-9(4-16(26-2)20(15)23)17-10-5-13-14(29-8-28-13)6-11(10)19(22)12-7-27-21(24)18(12)17/h3-6,12,17-19,22-23H,7-8H2,1-2H3/t12-,17+,18-,19?/m0/s1. The Kier molecular flexibility index (Phi) is 3.99. The van der Waals surface area contributed by atoms with Crippen molar-refractivity contribution in [1.82, 2.24) is 0 Å². The normalized spacial score (nSPS) is 26.5. The Morgan fingerprint density at radius 1 is 0.966 bits per heavy atom. The molecular formula is C21H20O8. The molecule has 2 N–H and O–H groups in total. The van der Waals surface area contributed by atoms with E-state index in [0.717, 1.165) is 5.56 Å². The number of ether oxygens (including phenoxy) is 5. The SMILES string of the molecule is COc1cc([C@@H]2c3cc4c(cc3C(O)[C@H]3COC(=O)[C@H]23)OCO4)cc(OC)c1O. The zero-order chi connectivity index (χ0) is 20.3. The van der Waals surface area contributed by atoms with Crippen LogP contribution in [0.15, 0.2) is 24.3 Å². The number of hydrogen-bond donors (Lipinski definition) is 2. The van der Waals surface area contributed by atoms with E-state index in [9.17, 15) is 15.0 Å². The number of fused-ring (bicyclic) bond motifs is 3. The van der Waals surface area contributed by atoms with E-state index in [1.807, 2.05) is 0 Å². The number of methoxy groups -OCH3 is 2. The largest absolute Gasteiger partial charge is 0.502 e. The summed E-state index contributed by atoms with van der Waals surface area (Å²) in [5, 5.41) is 21.3. The molecule has 2 aromatic rings. The molecule has 8 nitrogen and oxygen atoms in total. The highest BCUT2D eigenvalue weighted by atomic mass is 16.7. The molecule has 8 heteroatoms. The van der Waals surface area contributed by atoms with Crippen molar-refractivity contribution in [2.24, 2.45) is 11.8 Å². The van der Waals surface area contributed by atoms with Crippen LogP contribution in [-0.2, 0) is 9.53 Å². The first kappa shape index (κ1) is 17.9. The third kappa shape index (κ3) is 2.52. The number of aliphatic hydroxyl groups excluding tert-OH is 1. The first-order valence-corrected chi connectivity index (χ1v) is 9.26. The van der Waals surface area contributed by atoms with Gasteiger partial charge in [-0.2, -0.15) is 0 Å². The number of benzene rings is 2. The van der Waals surface area contributed by atoms with Crippen molar-refractivity contribution in [2.75, 3.05) is 27.6 Å². The van der Waals surface area contributed by atoms with E-state index >= 15 is 0 Å². The van der Waals surface area contributed by atoms with Crippen LogP contribution in [0.3, 0.4) is 0 Å². The van der Waals surface area contributed by atoms with E-state index in [2.05, 4.69) is 0 Å². The third-order valence-electron chi connectivity index (χ3n) is 6.01. The lowest BCUT2D eigenvalue weighted by Crippen LogP contribution is -2.34. The molecule has 0 bridgehead atoms. The summed E-state index contributed by atoms with van der Waals surface area (Å²) in [7, 11) is 2.89. The van der Waals surface area contributed by atoms with Gasteiger partial charge in [-0.1, -0.05) is 0 Å². The van der Waals surface area contributed by atoms with Gasteiger partial charge in [0.15, 0.2) is 23.0 Å². The van der Waals surface area contributed by atoms with Gasteiger partial charge in [0.05, 0.1) is 32.8 Å². The first-order chi connectivity index (χ1) is 14.0. The van der Waals surface area contributed by atoms with Gasteiger partial charge in [-0.3, -0.25) is 4.79 Å². The molecule has 2 aromatic carbocycles. The van der Waals surface area contributed by atoms with Crippen molar-refractivity contribution < 1.29 is 38.7 Å². The van der Waals surface area contributed by atoms with E-state index in [0.29, 0.717) is 22.6 Å². The fraction of sp³-hybridized carbons (Fsp3) is 0.381. The zero-order valence-corrected chi connectivity index (χ0v) is 15.9.